The highest BCUT2D eigenvalue weighted by Gasteiger charge is 2.09. The van der Waals surface area contributed by atoms with Gasteiger partial charge in [-0.15, -0.1) is 0 Å². The molecule has 0 atom stereocenters. The van der Waals surface area contributed by atoms with Crippen LogP contribution in [-0.2, 0) is 13.2 Å². The van der Waals surface area contributed by atoms with Crippen LogP contribution in [0.5, 0.6) is 5.75 Å². The Morgan fingerprint density at radius 1 is 1.28 bits per heavy atom. The summed E-state index contributed by atoms with van der Waals surface area (Å²) in [7, 11) is 0. The number of halogens is 1. The molecule has 2 N–H and O–H groups in total. The lowest BCUT2D eigenvalue weighted by Gasteiger charge is -2.12. The van der Waals surface area contributed by atoms with Crippen molar-refractivity contribution < 1.29 is 9.15 Å². The largest absolute Gasteiger partial charge is 0.485 e. The van der Waals surface area contributed by atoms with Crippen LogP contribution in [0.15, 0.2) is 28.9 Å². The summed E-state index contributed by atoms with van der Waals surface area (Å²) in [5, 5.41) is 0.720. The third-order valence-electron chi connectivity index (χ3n) is 2.83. The fourth-order valence-corrected chi connectivity index (χ4v) is 2.27. The van der Waals surface area contributed by atoms with Crippen LogP contribution in [0.4, 0.5) is 0 Å². The molecule has 0 fully saturated rings. The molecule has 0 saturated carbocycles. The molecule has 0 aliphatic rings. The van der Waals surface area contributed by atoms with Gasteiger partial charge >= 0.3 is 0 Å². The van der Waals surface area contributed by atoms with Gasteiger partial charge in [0, 0.05) is 17.1 Å². The third-order valence-corrected chi connectivity index (χ3v) is 3.05. The minimum Gasteiger partial charge on any atom is -0.485 e. The maximum Gasteiger partial charge on any atom is 0.146 e. The van der Waals surface area contributed by atoms with Crippen molar-refractivity contribution in [3.8, 4) is 5.75 Å². The second kappa shape index (κ2) is 5.46. The highest BCUT2D eigenvalue weighted by molar-refractivity contribution is 6.30. The molecule has 18 heavy (non-hydrogen) atoms. The van der Waals surface area contributed by atoms with E-state index in [0.29, 0.717) is 13.2 Å². The Morgan fingerprint density at radius 3 is 2.56 bits per heavy atom. The normalized spacial score (nSPS) is 10.7. The van der Waals surface area contributed by atoms with Crippen LogP contribution in [0.1, 0.15) is 22.5 Å². The number of ether oxygens (including phenoxy) is 1. The summed E-state index contributed by atoms with van der Waals surface area (Å²) in [5.74, 6) is 1.62. The standard InChI is InChI=1S/C14H16ClNO2/c1-9-5-12(15)6-10(2)14(9)18-8-13-11(7-16)3-4-17-13/h3-6H,7-8,16H2,1-2H3. The molecule has 0 amide bonds. The molecule has 1 heterocycles. The summed E-state index contributed by atoms with van der Waals surface area (Å²) in [6.45, 7) is 4.77. The van der Waals surface area contributed by atoms with Crippen molar-refractivity contribution in [3.05, 3.63) is 51.9 Å². The van der Waals surface area contributed by atoms with Crippen LogP contribution < -0.4 is 10.5 Å². The van der Waals surface area contributed by atoms with E-state index in [-0.39, 0.29) is 0 Å². The van der Waals surface area contributed by atoms with E-state index in [9.17, 15) is 0 Å². The van der Waals surface area contributed by atoms with E-state index in [1.165, 1.54) is 0 Å². The van der Waals surface area contributed by atoms with Gasteiger partial charge in [0.05, 0.1) is 6.26 Å². The lowest BCUT2D eigenvalue weighted by Crippen LogP contribution is -2.03. The molecule has 0 saturated heterocycles. The number of aryl methyl sites for hydroxylation is 2. The number of nitrogens with two attached hydrogens (primary N) is 1. The molecule has 1 aromatic heterocycles. The van der Waals surface area contributed by atoms with E-state index in [1.54, 1.807) is 6.26 Å². The van der Waals surface area contributed by atoms with Crippen LogP contribution in [-0.4, -0.2) is 0 Å². The van der Waals surface area contributed by atoms with Gasteiger partial charge in [-0.25, -0.2) is 0 Å². The molecule has 4 heteroatoms. The number of rotatable bonds is 4. The lowest BCUT2D eigenvalue weighted by molar-refractivity contribution is 0.265. The molecule has 0 spiro atoms. The lowest BCUT2D eigenvalue weighted by atomic mass is 10.1. The predicted octanol–water partition coefficient (Wildman–Crippen LogP) is 3.59. The Balaban J connectivity index is 2.16. The zero-order valence-electron chi connectivity index (χ0n) is 10.5. The Hall–Kier alpha value is -1.45. The van der Waals surface area contributed by atoms with Crippen LogP contribution >= 0.6 is 11.6 Å². The molecule has 0 radical (unpaired) electrons. The Morgan fingerprint density at radius 2 is 1.94 bits per heavy atom. The molecule has 3 nitrogen and oxygen atoms in total. The van der Waals surface area contributed by atoms with Crippen molar-refractivity contribution in [2.75, 3.05) is 0 Å². The van der Waals surface area contributed by atoms with Crippen molar-refractivity contribution in [2.45, 2.75) is 27.0 Å². The SMILES string of the molecule is Cc1cc(Cl)cc(C)c1OCc1occc1CN. The molecular weight excluding hydrogens is 250 g/mol. The van der Waals surface area contributed by atoms with E-state index < -0.39 is 0 Å². The molecule has 0 aliphatic heterocycles. The number of furan rings is 1. The average molecular weight is 266 g/mol. The first-order valence-electron chi connectivity index (χ1n) is 5.76. The predicted molar refractivity (Wildman–Crippen MR) is 71.9 cm³/mol. The van der Waals surface area contributed by atoms with Crippen LogP contribution in [0, 0.1) is 13.8 Å². The molecule has 0 bridgehead atoms. The number of hydrogen-bond donors (Lipinski definition) is 1. The van der Waals surface area contributed by atoms with Crippen molar-refractivity contribution in [1.29, 1.82) is 0 Å². The fourth-order valence-electron chi connectivity index (χ4n) is 1.94. The van der Waals surface area contributed by atoms with E-state index in [0.717, 1.165) is 33.2 Å². The molecular formula is C14H16ClNO2. The molecule has 2 aromatic rings. The Kier molecular flexibility index (Phi) is 3.94. The van der Waals surface area contributed by atoms with E-state index >= 15 is 0 Å². The van der Waals surface area contributed by atoms with E-state index in [1.807, 2.05) is 32.0 Å². The highest BCUT2D eigenvalue weighted by Crippen LogP contribution is 2.28. The van der Waals surface area contributed by atoms with Crippen molar-refractivity contribution in [2.24, 2.45) is 5.73 Å². The van der Waals surface area contributed by atoms with Crippen molar-refractivity contribution in [3.63, 3.8) is 0 Å². The molecule has 1 aromatic carbocycles. The fraction of sp³-hybridized carbons (Fsp3) is 0.286. The highest BCUT2D eigenvalue weighted by atomic mass is 35.5. The van der Waals surface area contributed by atoms with E-state index in [4.69, 9.17) is 26.5 Å². The minimum absolute atomic E-state index is 0.378. The maximum atomic E-state index is 5.98. The number of benzene rings is 1. The molecule has 0 aliphatic carbocycles. The van der Waals surface area contributed by atoms with Crippen LogP contribution in [0.3, 0.4) is 0 Å². The zero-order chi connectivity index (χ0) is 13.1. The first kappa shape index (κ1) is 13.0. The second-order valence-electron chi connectivity index (χ2n) is 4.23. The van der Waals surface area contributed by atoms with Gasteiger partial charge in [-0.1, -0.05) is 11.6 Å². The van der Waals surface area contributed by atoms with Gasteiger partial charge in [0.15, 0.2) is 0 Å². The average Bonchev–Trinajstić information content (AvgIpc) is 2.75. The summed E-state index contributed by atoms with van der Waals surface area (Å²) >= 11 is 5.98. The Bertz CT molecular complexity index is 525. The van der Waals surface area contributed by atoms with Crippen molar-refractivity contribution in [1.82, 2.24) is 0 Å². The van der Waals surface area contributed by atoms with Gasteiger partial charge in [0.25, 0.3) is 0 Å². The third kappa shape index (κ3) is 2.68. The summed E-state index contributed by atoms with van der Waals surface area (Å²) in [6, 6.07) is 5.63. The van der Waals surface area contributed by atoms with Gasteiger partial charge in [-0.2, -0.15) is 0 Å². The first-order chi connectivity index (χ1) is 8.61. The molecule has 2 rings (SSSR count). The van der Waals surface area contributed by atoms with E-state index in [2.05, 4.69) is 0 Å². The smallest absolute Gasteiger partial charge is 0.146 e. The van der Waals surface area contributed by atoms with Crippen molar-refractivity contribution >= 4 is 11.6 Å². The second-order valence-corrected chi connectivity index (χ2v) is 4.67. The number of hydrogen-bond acceptors (Lipinski definition) is 3. The van der Waals surface area contributed by atoms with Gasteiger partial charge < -0.3 is 14.9 Å². The molecule has 0 unspecified atom stereocenters. The van der Waals surface area contributed by atoms with Crippen LogP contribution in [0.2, 0.25) is 5.02 Å². The summed E-state index contributed by atoms with van der Waals surface area (Å²) in [6.07, 6.45) is 1.63. The van der Waals surface area contributed by atoms with Crippen LogP contribution in [0.25, 0.3) is 0 Å². The van der Waals surface area contributed by atoms with Gasteiger partial charge in [-0.3, -0.25) is 0 Å². The zero-order valence-corrected chi connectivity index (χ0v) is 11.3. The van der Waals surface area contributed by atoms with Gasteiger partial charge in [0.2, 0.25) is 0 Å². The van der Waals surface area contributed by atoms with Gasteiger partial charge in [0.1, 0.15) is 18.1 Å². The Labute approximate surface area is 111 Å². The topological polar surface area (TPSA) is 48.4 Å². The van der Waals surface area contributed by atoms with Gasteiger partial charge in [-0.05, 0) is 43.2 Å². The summed E-state index contributed by atoms with van der Waals surface area (Å²) in [4.78, 5) is 0. The maximum absolute atomic E-state index is 5.98. The summed E-state index contributed by atoms with van der Waals surface area (Å²) in [5.41, 5.74) is 8.61. The minimum atomic E-state index is 0.378. The summed E-state index contributed by atoms with van der Waals surface area (Å²) < 4.78 is 11.2. The monoisotopic (exact) mass is 265 g/mol. The molecule has 96 valence electrons. The quantitative estimate of drug-likeness (QED) is 0.919. The first-order valence-corrected chi connectivity index (χ1v) is 6.14.